The Morgan fingerprint density at radius 2 is 2.15 bits per heavy atom. The summed E-state index contributed by atoms with van der Waals surface area (Å²) in [6.07, 6.45) is 2.35. The van der Waals surface area contributed by atoms with Gasteiger partial charge in [0.15, 0.2) is 0 Å². The van der Waals surface area contributed by atoms with Gasteiger partial charge in [0.2, 0.25) is 5.91 Å². The number of hydrogen-bond donors (Lipinski definition) is 3. The lowest BCUT2D eigenvalue weighted by Crippen LogP contribution is -2.42. The van der Waals surface area contributed by atoms with Gasteiger partial charge in [0.05, 0.1) is 17.9 Å². The molecule has 0 saturated heterocycles. The first-order valence-corrected chi connectivity index (χ1v) is 6.65. The van der Waals surface area contributed by atoms with Crippen LogP contribution in [-0.2, 0) is 11.3 Å². The molecule has 0 fully saturated rings. The Bertz CT molecular complexity index is 457. The Morgan fingerprint density at radius 1 is 1.45 bits per heavy atom. The normalized spacial score (nSPS) is 12.2. The quantitative estimate of drug-likeness (QED) is 0.688. The highest BCUT2D eigenvalue weighted by molar-refractivity contribution is 5.94. The number of nitrogens with two attached hydrogens (primary N) is 1. The number of amides is 3. The summed E-state index contributed by atoms with van der Waals surface area (Å²) in [6, 6.07) is -0.699. The van der Waals surface area contributed by atoms with E-state index in [0.29, 0.717) is 18.2 Å². The fourth-order valence-corrected chi connectivity index (χ4v) is 1.42. The number of carbonyl (C=O) groups excluding carboxylic acids is 2. The molecule has 20 heavy (non-hydrogen) atoms. The van der Waals surface area contributed by atoms with Crippen molar-refractivity contribution in [3.63, 3.8) is 0 Å². The van der Waals surface area contributed by atoms with Gasteiger partial charge in [-0.3, -0.25) is 10.1 Å². The van der Waals surface area contributed by atoms with E-state index in [0.717, 1.165) is 6.42 Å². The Hall–Kier alpha value is -1.96. The number of rotatable bonds is 6. The van der Waals surface area contributed by atoms with Gasteiger partial charge in [-0.05, 0) is 12.3 Å². The zero-order chi connectivity index (χ0) is 15.1. The molecule has 0 saturated carbocycles. The summed E-state index contributed by atoms with van der Waals surface area (Å²) < 4.78 is 1.36. The van der Waals surface area contributed by atoms with E-state index in [9.17, 15) is 9.59 Å². The van der Waals surface area contributed by atoms with Gasteiger partial charge in [0, 0.05) is 6.54 Å². The third kappa shape index (κ3) is 5.35. The molecule has 8 heteroatoms. The van der Waals surface area contributed by atoms with Crippen LogP contribution in [0.3, 0.4) is 0 Å². The van der Waals surface area contributed by atoms with Crippen LogP contribution in [0.1, 0.15) is 38.9 Å². The molecule has 8 nitrogen and oxygen atoms in total. The molecule has 0 bridgehead atoms. The average molecular weight is 282 g/mol. The van der Waals surface area contributed by atoms with Crippen molar-refractivity contribution in [1.82, 2.24) is 25.6 Å². The van der Waals surface area contributed by atoms with E-state index in [4.69, 9.17) is 5.73 Å². The lowest BCUT2D eigenvalue weighted by Gasteiger charge is -2.08. The van der Waals surface area contributed by atoms with Crippen LogP contribution >= 0.6 is 0 Å². The Morgan fingerprint density at radius 3 is 2.75 bits per heavy atom. The second kappa shape index (κ2) is 7.59. The van der Waals surface area contributed by atoms with Gasteiger partial charge < -0.3 is 11.1 Å². The Kier molecular flexibility index (Phi) is 6.10. The second-order valence-electron chi connectivity index (χ2n) is 5.01. The summed E-state index contributed by atoms with van der Waals surface area (Å²) in [5.41, 5.74) is 6.44. The van der Waals surface area contributed by atoms with Crippen molar-refractivity contribution in [3.05, 3.63) is 11.9 Å². The van der Waals surface area contributed by atoms with Crippen molar-refractivity contribution >= 4 is 11.9 Å². The van der Waals surface area contributed by atoms with Gasteiger partial charge in [0.1, 0.15) is 6.54 Å². The lowest BCUT2D eigenvalue weighted by atomic mass is 10.2. The molecule has 0 aromatic carbocycles. The molecule has 1 aromatic heterocycles. The van der Waals surface area contributed by atoms with Gasteiger partial charge in [-0.2, -0.15) is 0 Å². The average Bonchev–Trinajstić information content (AvgIpc) is 2.83. The standard InChI is InChI=1S/C12H22N6O2/c1-4-9(13)10-6-18(17-16-10)7-11(19)15-12(20)14-5-8(2)3/h6,8-9H,4-5,7,13H2,1-3H3,(H2,14,15,19,20). The number of hydrogen-bond acceptors (Lipinski definition) is 5. The lowest BCUT2D eigenvalue weighted by molar-refractivity contribution is -0.120. The maximum Gasteiger partial charge on any atom is 0.321 e. The molecule has 1 heterocycles. The first-order valence-electron chi connectivity index (χ1n) is 6.65. The first kappa shape index (κ1) is 16.1. The number of nitrogens with zero attached hydrogens (tertiary/aromatic N) is 3. The molecule has 1 unspecified atom stereocenters. The van der Waals surface area contributed by atoms with E-state index >= 15 is 0 Å². The first-order chi connectivity index (χ1) is 9.42. The summed E-state index contributed by atoms with van der Waals surface area (Å²) in [4.78, 5) is 23.0. The molecular formula is C12H22N6O2. The number of carbonyl (C=O) groups is 2. The number of aromatic nitrogens is 3. The summed E-state index contributed by atoms with van der Waals surface area (Å²) in [5, 5.41) is 12.5. The van der Waals surface area contributed by atoms with Crippen LogP contribution in [0.15, 0.2) is 6.20 Å². The minimum atomic E-state index is -0.505. The van der Waals surface area contributed by atoms with Crippen LogP contribution in [0.25, 0.3) is 0 Å². The van der Waals surface area contributed by atoms with E-state index in [1.807, 2.05) is 20.8 Å². The van der Waals surface area contributed by atoms with Gasteiger partial charge >= 0.3 is 6.03 Å². The molecule has 1 aromatic rings. The molecule has 112 valence electrons. The maximum atomic E-state index is 11.6. The van der Waals surface area contributed by atoms with Gasteiger partial charge in [0.25, 0.3) is 0 Å². The van der Waals surface area contributed by atoms with Crippen LogP contribution in [0.2, 0.25) is 0 Å². The SMILES string of the molecule is CCC(N)c1cn(CC(=O)NC(=O)NCC(C)C)nn1. The van der Waals surface area contributed by atoms with E-state index in [1.54, 1.807) is 6.20 Å². The Labute approximate surface area is 118 Å². The van der Waals surface area contributed by atoms with Crippen LogP contribution < -0.4 is 16.4 Å². The Balaban J connectivity index is 2.42. The molecule has 1 atom stereocenters. The summed E-state index contributed by atoms with van der Waals surface area (Å²) in [7, 11) is 0. The van der Waals surface area contributed by atoms with Gasteiger partial charge in [-0.1, -0.05) is 26.0 Å². The zero-order valence-corrected chi connectivity index (χ0v) is 12.1. The van der Waals surface area contributed by atoms with Crippen LogP contribution in [0.4, 0.5) is 4.79 Å². The molecule has 0 aliphatic carbocycles. The fraction of sp³-hybridized carbons (Fsp3) is 0.667. The number of nitrogens with one attached hydrogen (secondary N) is 2. The van der Waals surface area contributed by atoms with Crippen LogP contribution in [0, 0.1) is 5.92 Å². The number of urea groups is 1. The van der Waals surface area contributed by atoms with Crippen molar-refractivity contribution in [2.24, 2.45) is 11.7 Å². The molecular weight excluding hydrogens is 260 g/mol. The molecule has 3 amide bonds. The van der Waals surface area contributed by atoms with Crippen molar-refractivity contribution < 1.29 is 9.59 Å². The molecule has 0 aliphatic heterocycles. The summed E-state index contributed by atoms with van der Waals surface area (Å²) in [5.74, 6) is -0.128. The molecule has 0 spiro atoms. The monoisotopic (exact) mass is 282 g/mol. The van der Waals surface area contributed by atoms with E-state index in [-0.39, 0.29) is 12.6 Å². The highest BCUT2D eigenvalue weighted by Crippen LogP contribution is 2.08. The van der Waals surface area contributed by atoms with Gasteiger partial charge in [-0.25, -0.2) is 9.48 Å². The zero-order valence-electron chi connectivity index (χ0n) is 12.1. The van der Waals surface area contributed by atoms with Crippen molar-refractivity contribution in [2.75, 3.05) is 6.54 Å². The minimum absolute atomic E-state index is 0.0709. The van der Waals surface area contributed by atoms with E-state index in [2.05, 4.69) is 20.9 Å². The maximum absolute atomic E-state index is 11.6. The summed E-state index contributed by atoms with van der Waals surface area (Å²) in [6.45, 7) is 6.32. The third-order valence-corrected chi connectivity index (χ3v) is 2.61. The topological polar surface area (TPSA) is 115 Å². The van der Waals surface area contributed by atoms with Crippen molar-refractivity contribution in [3.8, 4) is 0 Å². The van der Waals surface area contributed by atoms with Gasteiger partial charge in [-0.15, -0.1) is 5.10 Å². The van der Waals surface area contributed by atoms with Crippen molar-refractivity contribution in [2.45, 2.75) is 39.8 Å². The van der Waals surface area contributed by atoms with E-state index < -0.39 is 11.9 Å². The minimum Gasteiger partial charge on any atom is -0.338 e. The predicted molar refractivity (Wildman–Crippen MR) is 73.6 cm³/mol. The predicted octanol–water partition coefficient (Wildman–Crippen LogP) is 0.170. The fourth-order valence-electron chi connectivity index (χ4n) is 1.42. The second-order valence-corrected chi connectivity index (χ2v) is 5.01. The van der Waals surface area contributed by atoms with Crippen LogP contribution in [0.5, 0.6) is 0 Å². The third-order valence-electron chi connectivity index (χ3n) is 2.61. The highest BCUT2D eigenvalue weighted by atomic mass is 16.2. The summed E-state index contributed by atoms with van der Waals surface area (Å²) >= 11 is 0. The smallest absolute Gasteiger partial charge is 0.321 e. The largest absolute Gasteiger partial charge is 0.338 e. The van der Waals surface area contributed by atoms with E-state index in [1.165, 1.54) is 4.68 Å². The molecule has 0 aliphatic rings. The van der Waals surface area contributed by atoms with Crippen molar-refractivity contribution in [1.29, 1.82) is 0 Å². The molecule has 1 rings (SSSR count). The molecule has 4 N–H and O–H groups in total. The number of imide groups is 1. The highest BCUT2D eigenvalue weighted by Gasteiger charge is 2.12. The van der Waals surface area contributed by atoms with Crippen LogP contribution in [-0.4, -0.2) is 33.5 Å². The molecule has 0 radical (unpaired) electrons.